The SMILES string of the molecule is COC(=O)CCCc1ccc(C(CCC(C)C)NS(=O)(=O)c2ccc(F)cc2)s1. The molecule has 1 N–H and O–H groups in total. The number of carbonyl (C=O) groups excluding carboxylic acids is 1. The van der Waals surface area contributed by atoms with Gasteiger partial charge in [0.15, 0.2) is 0 Å². The number of carbonyl (C=O) groups is 1. The van der Waals surface area contributed by atoms with E-state index in [-0.39, 0.29) is 16.9 Å². The molecule has 1 heterocycles. The van der Waals surface area contributed by atoms with Crippen LogP contribution in [0.25, 0.3) is 0 Å². The van der Waals surface area contributed by atoms with Gasteiger partial charge in [0, 0.05) is 16.2 Å². The molecule has 0 bridgehead atoms. The van der Waals surface area contributed by atoms with Crippen molar-refractivity contribution >= 4 is 27.3 Å². The van der Waals surface area contributed by atoms with Crippen LogP contribution in [0.1, 0.15) is 55.3 Å². The van der Waals surface area contributed by atoms with Gasteiger partial charge in [-0.05, 0) is 68.0 Å². The molecule has 5 nitrogen and oxygen atoms in total. The van der Waals surface area contributed by atoms with Crippen LogP contribution in [0, 0.1) is 11.7 Å². The van der Waals surface area contributed by atoms with Gasteiger partial charge in [0.05, 0.1) is 18.0 Å². The van der Waals surface area contributed by atoms with Crippen molar-refractivity contribution in [3.8, 4) is 0 Å². The van der Waals surface area contributed by atoms with Crippen molar-refractivity contribution in [2.45, 2.75) is 56.9 Å². The van der Waals surface area contributed by atoms with Gasteiger partial charge in [-0.1, -0.05) is 13.8 Å². The summed E-state index contributed by atoms with van der Waals surface area (Å²) < 4.78 is 46.1. The first-order valence-corrected chi connectivity index (χ1v) is 11.9. The smallest absolute Gasteiger partial charge is 0.305 e. The molecule has 0 saturated heterocycles. The maximum absolute atomic E-state index is 13.1. The molecular weight excluding hydrogens is 413 g/mol. The lowest BCUT2D eigenvalue weighted by Gasteiger charge is -2.19. The van der Waals surface area contributed by atoms with E-state index < -0.39 is 15.8 Å². The van der Waals surface area contributed by atoms with Crippen LogP contribution < -0.4 is 4.72 Å². The fourth-order valence-electron chi connectivity index (χ4n) is 2.85. The molecule has 0 amide bonds. The van der Waals surface area contributed by atoms with Gasteiger partial charge in [-0.3, -0.25) is 4.79 Å². The summed E-state index contributed by atoms with van der Waals surface area (Å²) in [4.78, 5) is 13.3. The molecule has 29 heavy (non-hydrogen) atoms. The van der Waals surface area contributed by atoms with E-state index in [2.05, 4.69) is 23.3 Å². The summed E-state index contributed by atoms with van der Waals surface area (Å²) in [5.74, 6) is -0.272. The number of sulfonamides is 1. The van der Waals surface area contributed by atoms with Gasteiger partial charge in [0.2, 0.25) is 10.0 Å². The minimum Gasteiger partial charge on any atom is -0.469 e. The minimum atomic E-state index is -3.77. The van der Waals surface area contributed by atoms with E-state index in [0.29, 0.717) is 25.2 Å². The monoisotopic (exact) mass is 441 g/mol. The Bertz CT molecular complexity index is 892. The molecule has 0 radical (unpaired) electrons. The average Bonchev–Trinajstić information content (AvgIpc) is 3.14. The Morgan fingerprint density at radius 2 is 1.83 bits per heavy atom. The predicted molar refractivity (Wildman–Crippen MR) is 113 cm³/mol. The molecule has 1 aromatic carbocycles. The van der Waals surface area contributed by atoms with Crippen molar-refractivity contribution in [2.24, 2.45) is 5.92 Å². The number of thiophene rings is 1. The highest BCUT2D eigenvalue weighted by Crippen LogP contribution is 2.30. The first-order valence-electron chi connectivity index (χ1n) is 9.64. The van der Waals surface area contributed by atoms with E-state index in [1.54, 1.807) is 11.3 Å². The second kappa shape index (κ2) is 10.8. The lowest BCUT2D eigenvalue weighted by atomic mass is 10.0. The molecule has 2 rings (SSSR count). The lowest BCUT2D eigenvalue weighted by Crippen LogP contribution is -2.28. The Kier molecular flexibility index (Phi) is 8.79. The van der Waals surface area contributed by atoms with E-state index in [0.717, 1.165) is 34.7 Å². The van der Waals surface area contributed by atoms with Gasteiger partial charge in [0.1, 0.15) is 5.82 Å². The summed E-state index contributed by atoms with van der Waals surface area (Å²) in [7, 11) is -2.39. The summed E-state index contributed by atoms with van der Waals surface area (Å²) in [6, 6.07) is 8.38. The number of ether oxygens (including phenoxy) is 1. The second-order valence-corrected chi connectivity index (χ2v) is 10.2. The molecule has 2 aromatic rings. The quantitative estimate of drug-likeness (QED) is 0.507. The summed E-state index contributed by atoms with van der Waals surface area (Å²) in [5.41, 5.74) is 0. The zero-order valence-electron chi connectivity index (χ0n) is 17.0. The van der Waals surface area contributed by atoms with Gasteiger partial charge < -0.3 is 4.74 Å². The molecule has 8 heteroatoms. The van der Waals surface area contributed by atoms with Crippen molar-refractivity contribution in [3.63, 3.8) is 0 Å². The third-order valence-corrected chi connectivity index (χ3v) is 7.26. The Hall–Kier alpha value is -1.77. The van der Waals surface area contributed by atoms with E-state index in [9.17, 15) is 17.6 Å². The Balaban J connectivity index is 2.13. The largest absolute Gasteiger partial charge is 0.469 e. The number of halogens is 1. The van der Waals surface area contributed by atoms with Gasteiger partial charge >= 0.3 is 5.97 Å². The number of aryl methyl sites for hydroxylation is 1. The van der Waals surface area contributed by atoms with Gasteiger partial charge in [-0.2, -0.15) is 0 Å². The van der Waals surface area contributed by atoms with Crippen LogP contribution in [0.3, 0.4) is 0 Å². The number of benzene rings is 1. The van der Waals surface area contributed by atoms with Gasteiger partial charge in [-0.15, -0.1) is 11.3 Å². The fraction of sp³-hybridized carbons (Fsp3) is 0.476. The van der Waals surface area contributed by atoms with E-state index in [4.69, 9.17) is 0 Å². The highest BCUT2D eigenvalue weighted by molar-refractivity contribution is 7.89. The molecule has 0 saturated carbocycles. The van der Waals surface area contributed by atoms with Crippen LogP contribution in [-0.4, -0.2) is 21.5 Å². The summed E-state index contributed by atoms with van der Waals surface area (Å²) in [6.07, 6.45) is 3.32. The Morgan fingerprint density at radius 3 is 2.45 bits per heavy atom. The Labute approximate surface area is 176 Å². The van der Waals surface area contributed by atoms with Crippen molar-refractivity contribution in [3.05, 3.63) is 52.0 Å². The predicted octanol–water partition coefficient (Wildman–Crippen LogP) is 4.84. The number of hydrogen-bond donors (Lipinski definition) is 1. The summed E-state index contributed by atoms with van der Waals surface area (Å²) in [6.45, 7) is 4.19. The lowest BCUT2D eigenvalue weighted by molar-refractivity contribution is -0.140. The standard InChI is InChI=1S/C21H28FNO4S2/c1-15(2)7-13-19(23-29(25,26)18-11-8-16(22)9-12-18)20-14-10-17(28-20)5-4-6-21(24)27-3/h8-12,14-15,19,23H,4-7,13H2,1-3H3. The van der Waals surface area contributed by atoms with Crippen molar-refractivity contribution in [1.82, 2.24) is 4.72 Å². The Morgan fingerprint density at radius 1 is 1.14 bits per heavy atom. The maximum atomic E-state index is 13.1. The normalized spacial score (nSPS) is 12.9. The third-order valence-electron chi connectivity index (χ3n) is 4.51. The zero-order chi connectivity index (χ0) is 21.4. The third kappa shape index (κ3) is 7.53. The second-order valence-electron chi connectivity index (χ2n) is 7.33. The highest BCUT2D eigenvalue weighted by atomic mass is 32.2. The topological polar surface area (TPSA) is 72.5 Å². The molecular formula is C21H28FNO4S2. The summed E-state index contributed by atoms with van der Waals surface area (Å²) in [5, 5.41) is 0. The number of hydrogen-bond acceptors (Lipinski definition) is 5. The maximum Gasteiger partial charge on any atom is 0.305 e. The average molecular weight is 442 g/mol. The van der Waals surface area contributed by atoms with Crippen LogP contribution in [0.15, 0.2) is 41.3 Å². The van der Waals surface area contributed by atoms with Crippen LogP contribution in [0.4, 0.5) is 4.39 Å². The van der Waals surface area contributed by atoms with E-state index in [1.165, 1.54) is 19.2 Å². The number of methoxy groups -OCH3 is 1. The van der Waals surface area contributed by atoms with Crippen LogP contribution >= 0.6 is 11.3 Å². The highest BCUT2D eigenvalue weighted by Gasteiger charge is 2.23. The molecule has 1 unspecified atom stereocenters. The number of nitrogens with one attached hydrogen (secondary N) is 1. The molecule has 0 aliphatic rings. The molecule has 1 aromatic heterocycles. The first-order chi connectivity index (χ1) is 13.7. The van der Waals surface area contributed by atoms with Crippen LogP contribution in [0.5, 0.6) is 0 Å². The number of esters is 1. The van der Waals surface area contributed by atoms with Crippen molar-refractivity contribution in [2.75, 3.05) is 7.11 Å². The van der Waals surface area contributed by atoms with Crippen LogP contribution in [0.2, 0.25) is 0 Å². The van der Waals surface area contributed by atoms with Crippen LogP contribution in [-0.2, 0) is 26.0 Å². The van der Waals surface area contributed by atoms with Crippen molar-refractivity contribution in [1.29, 1.82) is 0 Å². The molecule has 0 aliphatic carbocycles. The molecule has 1 atom stereocenters. The van der Waals surface area contributed by atoms with Crippen molar-refractivity contribution < 1.29 is 22.3 Å². The van der Waals surface area contributed by atoms with E-state index in [1.807, 2.05) is 12.1 Å². The number of rotatable bonds is 11. The van der Waals surface area contributed by atoms with Gasteiger partial charge in [-0.25, -0.2) is 17.5 Å². The first kappa shape index (κ1) is 23.5. The fourth-order valence-corrected chi connectivity index (χ4v) is 5.32. The van der Waals surface area contributed by atoms with E-state index >= 15 is 0 Å². The molecule has 0 fully saturated rings. The molecule has 160 valence electrons. The molecule has 0 aliphatic heterocycles. The minimum absolute atomic E-state index is 0.0447. The summed E-state index contributed by atoms with van der Waals surface area (Å²) >= 11 is 1.55. The molecule has 0 spiro atoms. The zero-order valence-corrected chi connectivity index (χ0v) is 18.6. The van der Waals surface area contributed by atoms with Gasteiger partial charge in [0.25, 0.3) is 0 Å².